The van der Waals surface area contributed by atoms with E-state index >= 15 is 0 Å². The molecule has 166 valence electrons. The minimum absolute atomic E-state index is 0.0854. The summed E-state index contributed by atoms with van der Waals surface area (Å²) in [6.07, 6.45) is 2.12. The zero-order valence-corrected chi connectivity index (χ0v) is 18.6. The van der Waals surface area contributed by atoms with Gasteiger partial charge in [-0.05, 0) is 45.2 Å². The van der Waals surface area contributed by atoms with E-state index in [0.717, 1.165) is 5.69 Å². The summed E-state index contributed by atoms with van der Waals surface area (Å²) in [5.41, 5.74) is 0.406. The van der Waals surface area contributed by atoms with Gasteiger partial charge >= 0.3 is 6.09 Å². The number of rotatable bonds is 4. The number of piperazine rings is 1. The normalized spacial score (nSPS) is 21.4. The van der Waals surface area contributed by atoms with Gasteiger partial charge in [-0.2, -0.15) is 0 Å². The number of nitrogens with zero attached hydrogens (tertiary/aromatic N) is 3. The molecule has 2 saturated heterocycles. The van der Waals surface area contributed by atoms with Gasteiger partial charge in [-0.1, -0.05) is 0 Å². The van der Waals surface area contributed by atoms with Crippen molar-refractivity contribution in [2.24, 2.45) is 5.92 Å². The fraction of sp³-hybridized carbons (Fsp3) is 0.650. The largest absolute Gasteiger partial charge is 0.444 e. The smallest absolute Gasteiger partial charge is 0.410 e. The van der Waals surface area contributed by atoms with Crippen LogP contribution in [0, 0.1) is 5.92 Å². The lowest BCUT2D eigenvalue weighted by Gasteiger charge is -2.36. The van der Waals surface area contributed by atoms with E-state index < -0.39 is 15.4 Å². The zero-order valence-electron chi connectivity index (χ0n) is 17.8. The Bertz CT molecular complexity index is 871. The van der Waals surface area contributed by atoms with Crippen LogP contribution in [0.4, 0.5) is 16.3 Å². The molecule has 30 heavy (non-hydrogen) atoms. The summed E-state index contributed by atoms with van der Waals surface area (Å²) in [5.74, 6) is 0.358. The van der Waals surface area contributed by atoms with Gasteiger partial charge in [0.2, 0.25) is 5.91 Å². The summed E-state index contributed by atoms with van der Waals surface area (Å²) in [7, 11) is -2.98. The van der Waals surface area contributed by atoms with Gasteiger partial charge in [0.15, 0.2) is 9.84 Å². The highest BCUT2D eigenvalue weighted by Gasteiger charge is 2.29. The van der Waals surface area contributed by atoms with Crippen molar-refractivity contribution < 1.29 is 22.7 Å². The SMILES string of the molecule is CC(C)(C)OC(=O)N1CCN(c2ccc(NC(=O)CC3CCS(=O)(=O)C3)nc2)CC1. The molecular weight excluding hydrogens is 408 g/mol. The van der Waals surface area contributed by atoms with Crippen LogP contribution in [0.3, 0.4) is 0 Å². The molecule has 1 aromatic rings. The highest BCUT2D eigenvalue weighted by atomic mass is 32.2. The maximum Gasteiger partial charge on any atom is 0.410 e. The summed E-state index contributed by atoms with van der Waals surface area (Å²) in [6.45, 7) is 8.02. The molecule has 2 aliphatic rings. The molecule has 2 fully saturated rings. The van der Waals surface area contributed by atoms with Gasteiger partial charge in [0.05, 0.1) is 23.4 Å². The molecule has 3 rings (SSSR count). The molecule has 0 aromatic carbocycles. The molecule has 0 aliphatic carbocycles. The van der Waals surface area contributed by atoms with Crippen molar-refractivity contribution in [3.05, 3.63) is 18.3 Å². The quantitative estimate of drug-likeness (QED) is 0.765. The van der Waals surface area contributed by atoms with Gasteiger partial charge in [-0.25, -0.2) is 18.2 Å². The van der Waals surface area contributed by atoms with Crippen LogP contribution >= 0.6 is 0 Å². The van der Waals surface area contributed by atoms with Crippen LogP contribution in [0.25, 0.3) is 0 Å². The van der Waals surface area contributed by atoms with Gasteiger partial charge in [0.1, 0.15) is 11.4 Å². The van der Waals surface area contributed by atoms with E-state index in [4.69, 9.17) is 4.74 Å². The maximum absolute atomic E-state index is 12.2. The van der Waals surface area contributed by atoms with Crippen molar-refractivity contribution in [1.82, 2.24) is 9.88 Å². The van der Waals surface area contributed by atoms with Crippen LogP contribution in [0.1, 0.15) is 33.6 Å². The van der Waals surface area contributed by atoms with Crippen molar-refractivity contribution in [1.29, 1.82) is 0 Å². The van der Waals surface area contributed by atoms with E-state index in [1.807, 2.05) is 26.8 Å². The molecule has 9 nitrogen and oxygen atoms in total. The minimum Gasteiger partial charge on any atom is -0.444 e. The summed E-state index contributed by atoms with van der Waals surface area (Å²) in [6, 6.07) is 3.62. The molecule has 2 aliphatic heterocycles. The fourth-order valence-electron chi connectivity index (χ4n) is 3.61. The van der Waals surface area contributed by atoms with E-state index in [9.17, 15) is 18.0 Å². The second kappa shape index (κ2) is 8.79. The second-order valence-corrected chi connectivity index (χ2v) is 11.1. The average Bonchev–Trinajstić information content (AvgIpc) is 2.99. The topological polar surface area (TPSA) is 109 Å². The number of pyridine rings is 1. The van der Waals surface area contributed by atoms with Gasteiger partial charge < -0.3 is 19.9 Å². The third kappa shape index (κ3) is 6.32. The summed E-state index contributed by atoms with van der Waals surface area (Å²) >= 11 is 0. The molecule has 0 spiro atoms. The first-order chi connectivity index (χ1) is 14.0. The van der Waals surface area contributed by atoms with Crippen LogP contribution < -0.4 is 10.2 Å². The number of carbonyl (C=O) groups excluding carboxylic acids is 2. The molecule has 0 bridgehead atoms. The molecule has 1 N–H and O–H groups in total. The number of nitrogens with one attached hydrogen (secondary N) is 1. The average molecular weight is 439 g/mol. The van der Waals surface area contributed by atoms with Crippen LogP contribution in [-0.2, 0) is 19.4 Å². The molecular formula is C20H30N4O5S. The van der Waals surface area contributed by atoms with Gasteiger partial charge in [0, 0.05) is 32.6 Å². The Balaban J connectivity index is 1.47. The number of sulfone groups is 1. The van der Waals surface area contributed by atoms with E-state index in [2.05, 4.69) is 15.2 Å². The van der Waals surface area contributed by atoms with Gasteiger partial charge in [-0.15, -0.1) is 0 Å². The van der Waals surface area contributed by atoms with Crippen LogP contribution in [0.5, 0.6) is 0 Å². The summed E-state index contributed by atoms with van der Waals surface area (Å²) < 4.78 is 28.4. The third-order valence-electron chi connectivity index (χ3n) is 5.11. The second-order valence-electron chi connectivity index (χ2n) is 8.88. The maximum atomic E-state index is 12.2. The van der Waals surface area contributed by atoms with Crippen LogP contribution in [0.15, 0.2) is 18.3 Å². The van der Waals surface area contributed by atoms with Crippen molar-refractivity contribution in [2.45, 2.75) is 39.2 Å². The number of anilines is 2. The van der Waals surface area contributed by atoms with Crippen LogP contribution in [0.2, 0.25) is 0 Å². The van der Waals surface area contributed by atoms with Crippen LogP contribution in [-0.4, -0.2) is 73.6 Å². The minimum atomic E-state index is -2.98. The number of hydrogen-bond donors (Lipinski definition) is 1. The van der Waals surface area contributed by atoms with Gasteiger partial charge in [-0.3, -0.25) is 4.79 Å². The Morgan fingerprint density at radius 1 is 1.20 bits per heavy atom. The highest BCUT2D eigenvalue weighted by Crippen LogP contribution is 2.23. The van der Waals surface area contributed by atoms with Crippen molar-refractivity contribution >= 4 is 33.3 Å². The van der Waals surface area contributed by atoms with Crippen molar-refractivity contribution in [2.75, 3.05) is 47.9 Å². The lowest BCUT2D eigenvalue weighted by Crippen LogP contribution is -2.50. The number of amides is 2. The van der Waals surface area contributed by atoms with E-state index in [1.165, 1.54) is 0 Å². The standard InChI is InChI=1S/C20H30N4O5S/c1-20(2,3)29-19(26)24-9-7-23(8-10-24)16-4-5-17(21-13-16)22-18(25)12-15-6-11-30(27,28)14-15/h4-5,13,15H,6-12,14H2,1-3H3,(H,21,22,25). The lowest BCUT2D eigenvalue weighted by molar-refractivity contribution is -0.116. The van der Waals surface area contributed by atoms with E-state index in [0.29, 0.717) is 38.4 Å². The predicted molar refractivity (Wildman–Crippen MR) is 114 cm³/mol. The first-order valence-electron chi connectivity index (χ1n) is 10.2. The predicted octanol–water partition coefficient (Wildman–Crippen LogP) is 1.90. The molecule has 0 saturated carbocycles. The first kappa shape index (κ1) is 22.3. The summed E-state index contributed by atoms with van der Waals surface area (Å²) in [5, 5.41) is 2.74. The molecule has 3 heterocycles. The fourth-order valence-corrected chi connectivity index (χ4v) is 5.47. The zero-order chi connectivity index (χ0) is 21.9. The molecule has 1 atom stereocenters. The Labute approximate surface area is 177 Å². The third-order valence-corrected chi connectivity index (χ3v) is 6.95. The van der Waals surface area contributed by atoms with Crippen molar-refractivity contribution in [3.8, 4) is 0 Å². The molecule has 0 radical (unpaired) electrons. The Morgan fingerprint density at radius 2 is 1.90 bits per heavy atom. The summed E-state index contributed by atoms with van der Waals surface area (Å²) in [4.78, 5) is 32.5. The lowest BCUT2D eigenvalue weighted by atomic mass is 10.1. The number of hydrogen-bond acceptors (Lipinski definition) is 7. The number of carbonyl (C=O) groups is 2. The van der Waals surface area contributed by atoms with E-state index in [1.54, 1.807) is 17.2 Å². The van der Waals surface area contributed by atoms with Crippen molar-refractivity contribution in [3.63, 3.8) is 0 Å². The first-order valence-corrected chi connectivity index (χ1v) is 12.0. The number of ether oxygens (including phenoxy) is 1. The molecule has 1 unspecified atom stereocenters. The van der Waals surface area contributed by atoms with Gasteiger partial charge in [0.25, 0.3) is 0 Å². The monoisotopic (exact) mass is 438 g/mol. The Kier molecular flexibility index (Phi) is 6.54. The molecule has 10 heteroatoms. The molecule has 1 aromatic heterocycles. The Morgan fingerprint density at radius 3 is 2.43 bits per heavy atom. The number of aromatic nitrogens is 1. The van der Waals surface area contributed by atoms with E-state index in [-0.39, 0.29) is 35.8 Å². The molecule has 2 amide bonds. The highest BCUT2D eigenvalue weighted by molar-refractivity contribution is 7.91. The Hall–Kier alpha value is -2.36.